The molecule has 162 valence electrons. The Labute approximate surface area is 178 Å². The van der Waals surface area contributed by atoms with Gasteiger partial charge in [-0.25, -0.2) is 9.18 Å². The number of nitrogen functional groups attached to an aromatic ring is 1. The Kier molecular flexibility index (Phi) is 5.65. The lowest BCUT2D eigenvalue weighted by molar-refractivity contribution is 0.0695. The van der Waals surface area contributed by atoms with Gasteiger partial charge in [-0.2, -0.15) is 0 Å². The van der Waals surface area contributed by atoms with E-state index in [0.717, 1.165) is 6.42 Å². The number of hydrogen-bond acceptors (Lipinski definition) is 5. The molecule has 0 amide bonds. The lowest BCUT2D eigenvalue weighted by Crippen LogP contribution is -2.25. The Morgan fingerprint density at radius 3 is 2.71 bits per heavy atom. The number of rotatable bonds is 8. The molecule has 1 saturated carbocycles. The Morgan fingerprint density at radius 2 is 2.03 bits per heavy atom. The predicted molar refractivity (Wildman–Crippen MR) is 119 cm³/mol. The highest BCUT2D eigenvalue weighted by Crippen LogP contribution is 2.40. The molecule has 0 spiro atoms. The molecular weight excluding hydrogens is 399 g/mol. The number of nitrogens with two attached hydrogens (primary N) is 1. The number of anilines is 2. The molecule has 2 aromatic carbocycles. The second-order valence-corrected chi connectivity index (χ2v) is 7.75. The zero-order chi connectivity index (χ0) is 22.1. The van der Waals surface area contributed by atoms with Crippen molar-refractivity contribution in [1.29, 1.82) is 0 Å². The number of halogens is 1. The van der Waals surface area contributed by atoms with Crippen LogP contribution < -0.4 is 21.8 Å². The number of aromatic nitrogens is 1. The van der Waals surface area contributed by atoms with Crippen LogP contribution in [0.1, 0.15) is 35.2 Å². The molecule has 8 heteroatoms. The van der Waals surface area contributed by atoms with Crippen LogP contribution in [0.2, 0.25) is 0 Å². The normalized spacial score (nSPS) is 17.6. The molecule has 31 heavy (non-hydrogen) atoms. The Balaban J connectivity index is 1.48. The first-order valence-electron chi connectivity index (χ1n) is 10.3. The first kappa shape index (κ1) is 20.9. The number of pyridine rings is 1. The standard InChI is InChI=1S/C23H25FN4O3/c1-2-28-12-15(23(30)31)22(29)19-18(28)11-17(20(24)21(19)25)27-9-8-26-16-10-14(16)13-6-4-3-5-7-13/h3-7,11-12,14,16,26-27H,2,8-10,25H2,1H3,(H,30,31)/t14-,16+/m0/s1. The molecule has 0 aliphatic heterocycles. The van der Waals surface area contributed by atoms with E-state index in [1.165, 1.54) is 17.8 Å². The van der Waals surface area contributed by atoms with Crippen LogP contribution in [-0.2, 0) is 6.54 Å². The van der Waals surface area contributed by atoms with Crippen molar-refractivity contribution in [1.82, 2.24) is 9.88 Å². The lowest BCUT2D eigenvalue weighted by atomic mass is 10.1. The molecule has 0 unspecified atom stereocenters. The number of aromatic carboxylic acids is 1. The van der Waals surface area contributed by atoms with Crippen molar-refractivity contribution in [2.24, 2.45) is 0 Å². The van der Waals surface area contributed by atoms with Gasteiger partial charge in [-0.3, -0.25) is 4.79 Å². The van der Waals surface area contributed by atoms with E-state index in [1.807, 2.05) is 25.1 Å². The van der Waals surface area contributed by atoms with Crippen molar-refractivity contribution < 1.29 is 14.3 Å². The van der Waals surface area contributed by atoms with Crippen LogP contribution in [0, 0.1) is 5.82 Å². The van der Waals surface area contributed by atoms with Crippen LogP contribution in [0.5, 0.6) is 0 Å². The molecular formula is C23H25FN4O3. The van der Waals surface area contributed by atoms with Crippen molar-refractivity contribution in [3.05, 3.63) is 69.8 Å². The molecule has 0 radical (unpaired) electrons. The molecule has 1 fully saturated rings. The van der Waals surface area contributed by atoms with E-state index >= 15 is 0 Å². The maximum atomic E-state index is 14.9. The summed E-state index contributed by atoms with van der Waals surface area (Å²) in [6.45, 7) is 3.34. The molecule has 0 bridgehead atoms. The highest BCUT2D eigenvalue weighted by Gasteiger charge is 2.37. The number of aryl methyl sites for hydroxylation is 1. The average Bonchev–Trinajstić information content (AvgIpc) is 3.54. The van der Waals surface area contributed by atoms with Gasteiger partial charge in [-0.05, 0) is 25.0 Å². The fourth-order valence-electron chi connectivity index (χ4n) is 4.04. The number of carbonyl (C=O) groups is 1. The van der Waals surface area contributed by atoms with Gasteiger partial charge in [0.05, 0.1) is 22.3 Å². The molecule has 0 saturated heterocycles. The number of carboxylic acid groups (broad SMARTS) is 1. The summed E-state index contributed by atoms with van der Waals surface area (Å²) in [7, 11) is 0. The van der Waals surface area contributed by atoms with E-state index in [9.17, 15) is 19.1 Å². The van der Waals surface area contributed by atoms with E-state index in [4.69, 9.17) is 5.73 Å². The topological polar surface area (TPSA) is 109 Å². The van der Waals surface area contributed by atoms with Gasteiger partial charge in [0, 0.05) is 37.8 Å². The van der Waals surface area contributed by atoms with Crippen LogP contribution in [0.3, 0.4) is 0 Å². The van der Waals surface area contributed by atoms with Gasteiger partial charge in [-0.15, -0.1) is 0 Å². The number of hydrogen-bond donors (Lipinski definition) is 4. The largest absolute Gasteiger partial charge is 0.477 e. The second-order valence-electron chi connectivity index (χ2n) is 7.75. The molecule has 3 aromatic rings. The van der Waals surface area contributed by atoms with Crippen molar-refractivity contribution in [2.75, 3.05) is 24.1 Å². The third-order valence-corrected chi connectivity index (χ3v) is 5.78. The minimum absolute atomic E-state index is 0.105. The van der Waals surface area contributed by atoms with E-state index in [0.29, 0.717) is 37.1 Å². The molecule has 2 atom stereocenters. The Bertz CT molecular complexity index is 1190. The van der Waals surface area contributed by atoms with Crippen LogP contribution in [0.25, 0.3) is 10.9 Å². The smallest absolute Gasteiger partial charge is 0.341 e. The summed E-state index contributed by atoms with van der Waals surface area (Å²) in [5.41, 5.74) is 6.28. The molecule has 1 aliphatic rings. The molecule has 5 N–H and O–H groups in total. The fourth-order valence-corrected chi connectivity index (χ4v) is 4.04. The number of nitrogens with one attached hydrogen (secondary N) is 2. The van der Waals surface area contributed by atoms with Crippen molar-refractivity contribution >= 4 is 28.2 Å². The predicted octanol–water partition coefficient (Wildman–Crippen LogP) is 3.00. The van der Waals surface area contributed by atoms with Gasteiger partial charge in [0.2, 0.25) is 5.43 Å². The van der Waals surface area contributed by atoms with E-state index in [-0.39, 0.29) is 16.8 Å². The molecule has 4 rings (SSSR count). The summed E-state index contributed by atoms with van der Waals surface area (Å²) in [6.07, 6.45) is 2.35. The van der Waals surface area contributed by atoms with Crippen LogP contribution in [0.4, 0.5) is 15.8 Å². The molecule has 1 heterocycles. The maximum Gasteiger partial charge on any atom is 0.341 e. The Morgan fingerprint density at radius 1 is 1.29 bits per heavy atom. The summed E-state index contributed by atoms with van der Waals surface area (Å²) in [5.74, 6) is -1.60. The highest BCUT2D eigenvalue weighted by atomic mass is 19.1. The van der Waals surface area contributed by atoms with Crippen molar-refractivity contribution in [2.45, 2.75) is 31.8 Å². The minimum atomic E-state index is -1.36. The van der Waals surface area contributed by atoms with Gasteiger partial charge in [0.15, 0.2) is 5.82 Å². The van der Waals surface area contributed by atoms with E-state index < -0.39 is 22.8 Å². The molecule has 1 aromatic heterocycles. The lowest BCUT2D eigenvalue weighted by Gasteiger charge is -2.16. The zero-order valence-corrected chi connectivity index (χ0v) is 17.2. The molecule has 1 aliphatic carbocycles. The number of benzene rings is 2. The summed E-state index contributed by atoms with van der Waals surface area (Å²) >= 11 is 0. The number of nitrogens with zero attached hydrogens (tertiary/aromatic N) is 1. The number of carboxylic acids is 1. The average molecular weight is 424 g/mol. The summed E-state index contributed by atoms with van der Waals surface area (Å²) in [5, 5.41) is 15.7. The van der Waals surface area contributed by atoms with E-state index in [1.54, 1.807) is 4.57 Å². The van der Waals surface area contributed by atoms with Crippen LogP contribution >= 0.6 is 0 Å². The van der Waals surface area contributed by atoms with Crippen molar-refractivity contribution in [3.8, 4) is 0 Å². The first-order chi connectivity index (χ1) is 14.9. The van der Waals surface area contributed by atoms with Gasteiger partial charge < -0.3 is 26.0 Å². The molecule has 7 nitrogen and oxygen atoms in total. The number of fused-ring (bicyclic) bond motifs is 1. The first-order valence-corrected chi connectivity index (χ1v) is 10.3. The van der Waals surface area contributed by atoms with Gasteiger partial charge in [0.1, 0.15) is 5.56 Å². The van der Waals surface area contributed by atoms with E-state index in [2.05, 4.69) is 22.8 Å². The zero-order valence-electron chi connectivity index (χ0n) is 17.2. The minimum Gasteiger partial charge on any atom is -0.477 e. The quantitative estimate of drug-likeness (QED) is 0.327. The van der Waals surface area contributed by atoms with Crippen LogP contribution in [-0.4, -0.2) is 34.8 Å². The summed E-state index contributed by atoms with van der Waals surface area (Å²) in [4.78, 5) is 23.9. The second kappa shape index (κ2) is 8.39. The fraction of sp³-hybridized carbons (Fsp3) is 0.304. The van der Waals surface area contributed by atoms with Gasteiger partial charge in [0.25, 0.3) is 0 Å². The van der Waals surface area contributed by atoms with Crippen molar-refractivity contribution in [3.63, 3.8) is 0 Å². The third-order valence-electron chi connectivity index (χ3n) is 5.78. The van der Waals surface area contributed by atoms with Gasteiger partial charge in [-0.1, -0.05) is 30.3 Å². The summed E-state index contributed by atoms with van der Waals surface area (Å²) in [6, 6.07) is 12.3. The highest BCUT2D eigenvalue weighted by molar-refractivity contribution is 5.99. The monoisotopic (exact) mass is 424 g/mol. The third kappa shape index (κ3) is 3.98. The summed E-state index contributed by atoms with van der Waals surface area (Å²) < 4.78 is 16.4. The SMILES string of the molecule is CCn1cc(C(=O)O)c(=O)c2c(N)c(F)c(NCCN[C@@H]3C[C@H]3c3ccccc3)cc21. The van der Waals surface area contributed by atoms with Crippen LogP contribution in [0.15, 0.2) is 47.4 Å². The maximum absolute atomic E-state index is 14.9. The van der Waals surface area contributed by atoms with Gasteiger partial charge >= 0.3 is 5.97 Å². The Hall–Kier alpha value is -3.39.